The lowest BCUT2D eigenvalue weighted by Gasteiger charge is -2.27. The summed E-state index contributed by atoms with van der Waals surface area (Å²) in [5.74, 6) is -0.189. The Labute approximate surface area is 180 Å². The van der Waals surface area contributed by atoms with Crippen molar-refractivity contribution in [3.05, 3.63) is 103 Å². The van der Waals surface area contributed by atoms with Crippen molar-refractivity contribution in [1.29, 1.82) is 0 Å². The molecule has 0 aliphatic carbocycles. The molecule has 1 heterocycles. The molecular weight excluding hydrogens is 397 g/mol. The highest BCUT2D eigenvalue weighted by Gasteiger charge is 2.22. The quantitative estimate of drug-likeness (QED) is 0.511. The van der Waals surface area contributed by atoms with Crippen molar-refractivity contribution >= 4 is 17.6 Å². The zero-order valence-electron chi connectivity index (χ0n) is 17.0. The highest BCUT2D eigenvalue weighted by atomic mass is 19.1. The van der Waals surface area contributed by atoms with E-state index in [2.05, 4.69) is 11.9 Å². The second kappa shape index (κ2) is 10.8. The van der Waals surface area contributed by atoms with Crippen LogP contribution in [0.25, 0.3) is 0 Å². The lowest BCUT2D eigenvalue weighted by atomic mass is 10.2. The third-order valence-corrected chi connectivity index (χ3v) is 4.57. The van der Waals surface area contributed by atoms with E-state index >= 15 is 0 Å². The molecule has 2 aromatic carbocycles. The summed E-state index contributed by atoms with van der Waals surface area (Å²) in [6, 6.07) is 18.4. The zero-order valence-corrected chi connectivity index (χ0v) is 17.0. The number of urea groups is 1. The van der Waals surface area contributed by atoms with Crippen molar-refractivity contribution in [3.63, 3.8) is 0 Å². The van der Waals surface area contributed by atoms with Crippen LogP contribution in [0.4, 0.5) is 14.9 Å². The minimum atomic E-state index is -0.587. The average Bonchev–Trinajstić information content (AvgIpc) is 3.28. The van der Waals surface area contributed by atoms with Crippen LogP contribution in [0.5, 0.6) is 0 Å². The van der Waals surface area contributed by atoms with Gasteiger partial charge in [-0.2, -0.15) is 0 Å². The highest BCUT2D eigenvalue weighted by molar-refractivity contribution is 5.92. The zero-order chi connectivity index (χ0) is 22.1. The molecule has 0 bridgehead atoms. The lowest BCUT2D eigenvalue weighted by Crippen LogP contribution is -2.44. The van der Waals surface area contributed by atoms with Crippen LogP contribution in [-0.2, 0) is 17.9 Å². The first-order valence-electron chi connectivity index (χ1n) is 9.82. The summed E-state index contributed by atoms with van der Waals surface area (Å²) in [5.41, 5.74) is 0.999. The molecule has 1 aromatic heterocycles. The van der Waals surface area contributed by atoms with Crippen LogP contribution >= 0.6 is 0 Å². The summed E-state index contributed by atoms with van der Waals surface area (Å²) in [4.78, 5) is 28.7. The van der Waals surface area contributed by atoms with Crippen LogP contribution in [0.3, 0.4) is 0 Å². The number of amides is 3. The van der Waals surface area contributed by atoms with Gasteiger partial charge in [-0.3, -0.25) is 4.79 Å². The maximum atomic E-state index is 13.9. The number of anilines is 1. The molecule has 0 spiro atoms. The molecule has 0 radical (unpaired) electrons. The number of hydrogen-bond donors (Lipinski definition) is 1. The van der Waals surface area contributed by atoms with Gasteiger partial charge in [0.15, 0.2) is 0 Å². The van der Waals surface area contributed by atoms with E-state index < -0.39 is 11.8 Å². The van der Waals surface area contributed by atoms with Crippen molar-refractivity contribution in [2.24, 2.45) is 0 Å². The molecule has 0 saturated carbocycles. The number of halogens is 1. The van der Waals surface area contributed by atoms with Crippen LogP contribution in [0.2, 0.25) is 0 Å². The Bertz CT molecular complexity index is 1010. The molecule has 0 aliphatic rings. The molecule has 0 saturated heterocycles. The van der Waals surface area contributed by atoms with Gasteiger partial charge in [-0.25, -0.2) is 9.18 Å². The predicted octanol–water partition coefficient (Wildman–Crippen LogP) is 4.67. The highest BCUT2D eigenvalue weighted by Crippen LogP contribution is 2.15. The molecule has 3 rings (SSSR count). The number of hydrogen-bond acceptors (Lipinski definition) is 3. The largest absolute Gasteiger partial charge is 0.467 e. The topological polar surface area (TPSA) is 65.8 Å². The second-order valence-corrected chi connectivity index (χ2v) is 6.89. The standard InChI is InChI=1S/C24H24FN3O3/c1-2-14-27(24(30)26-22-13-7-6-12-21(22)25)18-23(29)28(17-20-11-8-15-31-20)16-19-9-4-3-5-10-19/h2-13,15H,1,14,16-18H2,(H,26,30). The summed E-state index contributed by atoms with van der Waals surface area (Å²) < 4.78 is 19.3. The van der Waals surface area contributed by atoms with Crippen molar-refractivity contribution in [2.45, 2.75) is 13.1 Å². The number of carbonyl (C=O) groups excluding carboxylic acids is 2. The Morgan fingerprint density at radius 1 is 0.968 bits per heavy atom. The van der Waals surface area contributed by atoms with Crippen molar-refractivity contribution in [2.75, 3.05) is 18.4 Å². The van der Waals surface area contributed by atoms with Crippen molar-refractivity contribution < 1.29 is 18.4 Å². The lowest BCUT2D eigenvalue weighted by molar-refractivity contribution is -0.133. The first kappa shape index (κ1) is 21.8. The number of carbonyl (C=O) groups is 2. The summed E-state index contributed by atoms with van der Waals surface area (Å²) in [6.07, 6.45) is 3.06. The molecule has 160 valence electrons. The van der Waals surface area contributed by atoms with Gasteiger partial charge in [0.1, 0.15) is 18.1 Å². The third kappa shape index (κ3) is 6.30. The fourth-order valence-electron chi connectivity index (χ4n) is 3.02. The van der Waals surface area contributed by atoms with Gasteiger partial charge in [0, 0.05) is 13.1 Å². The smallest absolute Gasteiger partial charge is 0.322 e. The Balaban J connectivity index is 1.73. The van der Waals surface area contributed by atoms with Gasteiger partial charge < -0.3 is 19.5 Å². The van der Waals surface area contributed by atoms with Gasteiger partial charge in [0.2, 0.25) is 5.91 Å². The Hall–Kier alpha value is -3.87. The molecule has 1 N–H and O–H groups in total. The molecule has 0 unspecified atom stereocenters. The molecule has 0 fully saturated rings. The van der Waals surface area contributed by atoms with E-state index in [1.165, 1.54) is 29.2 Å². The fraction of sp³-hybridized carbons (Fsp3) is 0.167. The van der Waals surface area contributed by atoms with Crippen molar-refractivity contribution in [3.8, 4) is 0 Å². The van der Waals surface area contributed by atoms with Gasteiger partial charge in [-0.15, -0.1) is 6.58 Å². The molecule has 6 nitrogen and oxygen atoms in total. The minimum Gasteiger partial charge on any atom is -0.467 e. The molecule has 31 heavy (non-hydrogen) atoms. The Kier molecular flexibility index (Phi) is 7.59. The van der Waals surface area contributed by atoms with Gasteiger partial charge in [-0.05, 0) is 29.8 Å². The molecule has 7 heteroatoms. The first-order chi connectivity index (χ1) is 15.1. The minimum absolute atomic E-state index is 0.0470. The number of nitrogens with one attached hydrogen (secondary N) is 1. The first-order valence-corrected chi connectivity index (χ1v) is 9.82. The van der Waals surface area contributed by atoms with Crippen molar-refractivity contribution in [1.82, 2.24) is 9.80 Å². The predicted molar refractivity (Wildman–Crippen MR) is 117 cm³/mol. The van der Waals surface area contributed by atoms with E-state index in [0.29, 0.717) is 12.3 Å². The van der Waals surface area contributed by atoms with E-state index in [9.17, 15) is 14.0 Å². The van der Waals surface area contributed by atoms with Crippen LogP contribution in [0.1, 0.15) is 11.3 Å². The molecule has 0 aliphatic heterocycles. The summed E-state index contributed by atoms with van der Waals surface area (Å²) >= 11 is 0. The van der Waals surface area contributed by atoms with Gasteiger partial charge in [0.05, 0.1) is 18.5 Å². The number of rotatable bonds is 9. The molecule has 0 atom stereocenters. The maximum Gasteiger partial charge on any atom is 0.322 e. The number of nitrogens with zero attached hydrogens (tertiary/aromatic N) is 2. The van der Waals surface area contributed by atoms with Crippen LogP contribution in [0.15, 0.2) is 90.1 Å². The van der Waals surface area contributed by atoms with Crippen LogP contribution in [0, 0.1) is 5.82 Å². The van der Waals surface area contributed by atoms with E-state index in [1.54, 1.807) is 29.4 Å². The van der Waals surface area contributed by atoms with Crippen LogP contribution < -0.4 is 5.32 Å². The third-order valence-electron chi connectivity index (χ3n) is 4.57. The number of para-hydroxylation sites is 1. The van der Waals surface area contributed by atoms with Crippen LogP contribution in [-0.4, -0.2) is 34.8 Å². The number of benzene rings is 2. The average molecular weight is 421 g/mol. The summed E-state index contributed by atoms with van der Waals surface area (Å²) in [5, 5.41) is 2.51. The SMILES string of the molecule is C=CCN(CC(=O)N(Cc1ccccc1)Cc1ccco1)C(=O)Nc1ccccc1F. The van der Waals surface area contributed by atoms with Gasteiger partial charge in [-0.1, -0.05) is 48.5 Å². The molecule has 3 aromatic rings. The normalized spacial score (nSPS) is 10.4. The van der Waals surface area contributed by atoms with E-state index in [-0.39, 0.29) is 31.2 Å². The summed E-state index contributed by atoms with van der Waals surface area (Å²) in [7, 11) is 0. The summed E-state index contributed by atoms with van der Waals surface area (Å²) in [6.45, 7) is 4.21. The Morgan fingerprint density at radius 3 is 2.39 bits per heavy atom. The van der Waals surface area contributed by atoms with Gasteiger partial charge in [0.25, 0.3) is 0 Å². The van der Waals surface area contributed by atoms with E-state index in [1.807, 2.05) is 30.3 Å². The fourth-order valence-corrected chi connectivity index (χ4v) is 3.02. The second-order valence-electron chi connectivity index (χ2n) is 6.89. The molecular formula is C24H24FN3O3. The van der Waals surface area contributed by atoms with E-state index in [0.717, 1.165) is 5.56 Å². The monoisotopic (exact) mass is 421 g/mol. The molecule has 3 amide bonds. The Morgan fingerprint density at radius 2 is 1.71 bits per heavy atom. The maximum absolute atomic E-state index is 13.9. The number of furan rings is 1. The van der Waals surface area contributed by atoms with Gasteiger partial charge >= 0.3 is 6.03 Å². The van der Waals surface area contributed by atoms with E-state index in [4.69, 9.17) is 4.42 Å².